The first-order valence-electron chi connectivity index (χ1n) is 9.80. The highest BCUT2D eigenvalue weighted by atomic mass is 32.1. The molecule has 4 N–H and O–H groups in total. The highest BCUT2D eigenvalue weighted by Crippen LogP contribution is 2.28. The Morgan fingerprint density at radius 2 is 2.00 bits per heavy atom. The van der Waals surface area contributed by atoms with Gasteiger partial charge in [0.15, 0.2) is 0 Å². The number of hydrogen-bond donors (Lipinski definition) is 3. The molecule has 0 aliphatic heterocycles. The van der Waals surface area contributed by atoms with Gasteiger partial charge in [-0.05, 0) is 54.0 Å². The first-order valence-corrected chi connectivity index (χ1v) is 10.7. The molecule has 1 aromatic carbocycles. The zero-order valence-electron chi connectivity index (χ0n) is 16.0. The van der Waals surface area contributed by atoms with Crippen LogP contribution >= 0.6 is 11.3 Å². The number of anilines is 2. The van der Waals surface area contributed by atoms with Crippen LogP contribution in [0.15, 0.2) is 35.8 Å². The maximum absolute atomic E-state index is 11.4. The number of aromatic nitrogens is 2. The van der Waals surface area contributed by atoms with Crippen LogP contribution < -0.4 is 16.4 Å². The molecule has 2 heterocycles. The number of rotatable bonds is 7. The van der Waals surface area contributed by atoms with Crippen LogP contribution in [0, 0.1) is 16.0 Å². The molecule has 0 unspecified atom stereocenters. The van der Waals surface area contributed by atoms with Crippen LogP contribution in [0.5, 0.6) is 0 Å². The van der Waals surface area contributed by atoms with Crippen LogP contribution in [0.4, 0.5) is 17.5 Å². The molecule has 0 radical (unpaired) electrons. The van der Waals surface area contributed by atoms with Crippen LogP contribution in [-0.2, 0) is 6.54 Å². The third-order valence-corrected chi connectivity index (χ3v) is 6.43. The summed E-state index contributed by atoms with van der Waals surface area (Å²) < 4.78 is 1.23. The summed E-state index contributed by atoms with van der Waals surface area (Å²) in [5, 5.41) is 21.0. The number of benzene rings is 1. The largest absolute Gasteiger partial charge is 0.364 e. The van der Waals surface area contributed by atoms with E-state index >= 15 is 0 Å². The van der Waals surface area contributed by atoms with Gasteiger partial charge in [-0.1, -0.05) is 18.2 Å². The summed E-state index contributed by atoms with van der Waals surface area (Å²) in [5.41, 5.74) is 7.00. The quantitative estimate of drug-likeness (QED) is 0.394. The molecule has 4 rings (SSSR count). The predicted octanol–water partition coefficient (Wildman–Crippen LogP) is 4.14. The van der Waals surface area contributed by atoms with Crippen molar-refractivity contribution >= 4 is 38.9 Å². The minimum absolute atomic E-state index is 0.107. The number of hydrogen-bond acceptors (Lipinski definition) is 8. The molecule has 2 aromatic heterocycles. The highest BCUT2D eigenvalue weighted by Gasteiger charge is 2.21. The van der Waals surface area contributed by atoms with Crippen molar-refractivity contribution in [1.29, 1.82) is 0 Å². The first-order chi connectivity index (χ1) is 14.1. The van der Waals surface area contributed by atoms with E-state index in [9.17, 15) is 10.1 Å². The van der Waals surface area contributed by atoms with E-state index in [-0.39, 0.29) is 17.5 Å². The summed E-state index contributed by atoms with van der Waals surface area (Å²) in [6.07, 6.45) is 5.33. The monoisotopic (exact) mass is 412 g/mol. The minimum Gasteiger partial charge on any atom is -0.364 e. The zero-order chi connectivity index (χ0) is 20.2. The molecule has 1 saturated carbocycles. The molecule has 8 nitrogen and oxygen atoms in total. The summed E-state index contributed by atoms with van der Waals surface area (Å²) in [6, 6.07) is 8.49. The molecule has 9 heteroatoms. The Bertz CT molecular complexity index is 1000. The van der Waals surface area contributed by atoms with Gasteiger partial charge in [0.1, 0.15) is 6.20 Å². The van der Waals surface area contributed by atoms with Gasteiger partial charge in [0.05, 0.1) is 4.92 Å². The standard InChI is InChI=1S/C20H24N6O2S/c21-15-7-5-13(6-8-15)9-22-19-17(26(27)28)11-24-20(25-19)23-10-14-12-29-18-4-2-1-3-16(14)18/h1-4,11-13,15H,5-10,21H2,(H2,22,23,24,25)/t13-,15-. The fourth-order valence-electron chi connectivity index (χ4n) is 3.70. The Morgan fingerprint density at radius 1 is 1.21 bits per heavy atom. The molecule has 3 aromatic rings. The average Bonchev–Trinajstić information content (AvgIpc) is 3.15. The van der Waals surface area contributed by atoms with Gasteiger partial charge in [0.2, 0.25) is 11.8 Å². The highest BCUT2D eigenvalue weighted by molar-refractivity contribution is 7.17. The van der Waals surface area contributed by atoms with Crippen molar-refractivity contribution in [3.05, 3.63) is 51.5 Å². The smallest absolute Gasteiger partial charge is 0.329 e. The maximum Gasteiger partial charge on any atom is 0.329 e. The Labute approximate surface area is 172 Å². The van der Waals surface area contributed by atoms with Crippen molar-refractivity contribution in [1.82, 2.24) is 9.97 Å². The third kappa shape index (κ3) is 4.63. The van der Waals surface area contributed by atoms with Crippen molar-refractivity contribution in [2.24, 2.45) is 11.7 Å². The van der Waals surface area contributed by atoms with Crippen LogP contribution in [-0.4, -0.2) is 27.5 Å². The molecule has 0 saturated heterocycles. The molecular weight excluding hydrogens is 388 g/mol. The summed E-state index contributed by atoms with van der Waals surface area (Å²) in [7, 11) is 0. The summed E-state index contributed by atoms with van der Waals surface area (Å²) >= 11 is 1.69. The fraction of sp³-hybridized carbons (Fsp3) is 0.400. The second-order valence-corrected chi connectivity index (χ2v) is 8.37. The molecule has 152 valence electrons. The van der Waals surface area contributed by atoms with Crippen molar-refractivity contribution in [2.45, 2.75) is 38.3 Å². The number of fused-ring (bicyclic) bond motifs is 1. The number of thiophene rings is 1. The summed E-state index contributed by atoms with van der Waals surface area (Å²) in [4.78, 5) is 19.4. The zero-order valence-corrected chi connectivity index (χ0v) is 16.8. The van der Waals surface area contributed by atoms with Gasteiger partial charge in [-0.25, -0.2) is 4.98 Å². The van der Waals surface area contributed by atoms with Crippen molar-refractivity contribution in [3.63, 3.8) is 0 Å². The van der Waals surface area contributed by atoms with E-state index in [2.05, 4.69) is 38.1 Å². The Kier molecular flexibility index (Phi) is 5.86. The molecule has 0 bridgehead atoms. The molecule has 0 atom stereocenters. The topological polar surface area (TPSA) is 119 Å². The molecule has 1 aliphatic rings. The second kappa shape index (κ2) is 8.71. The third-order valence-electron chi connectivity index (χ3n) is 5.41. The summed E-state index contributed by atoms with van der Waals surface area (Å²) in [5.74, 6) is 1.09. The van der Waals surface area contributed by atoms with Crippen molar-refractivity contribution < 1.29 is 4.92 Å². The maximum atomic E-state index is 11.4. The lowest BCUT2D eigenvalue weighted by Gasteiger charge is -2.26. The average molecular weight is 413 g/mol. The van der Waals surface area contributed by atoms with Gasteiger partial charge in [-0.2, -0.15) is 4.98 Å². The number of nitrogens with two attached hydrogens (primary N) is 1. The van der Waals surface area contributed by atoms with E-state index in [1.54, 1.807) is 11.3 Å². The number of nitro groups is 1. The normalized spacial score (nSPS) is 19.2. The Morgan fingerprint density at radius 3 is 2.79 bits per heavy atom. The summed E-state index contributed by atoms with van der Waals surface area (Å²) in [6.45, 7) is 1.21. The molecule has 0 spiro atoms. The van der Waals surface area contributed by atoms with E-state index in [0.29, 0.717) is 25.0 Å². The van der Waals surface area contributed by atoms with Gasteiger partial charge >= 0.3 is 5.69 Å². The molecule has 29 heavy (non-hydrogen) atoms. The van der Waals surface area contributed by atoms with Crippen molar-refractivity contribution in [2.75, 3.05) is 17.2 Å². The van der Waals surface area contributed by atoms with E-state index < -0.39 is 4.92 Å². The SMILES string of the molecule is N[C@H]1CC[C@H](CNc2nc(NCc3csc4ccccc34)ncc2[N+](=O)[O-])CC1. The van der Waals surface area contributed by atoms with Crippen LogP contribution in [0.25, 0.3) is 10.1 Å². The minimum atomic E-state index is -0.449. The molecule has 1 fully saturated rings. The van der Waals surface area contributed by atoms with E-state index in [0.717, 1.165) is 31.2 Å². The van der Waals surface area contributed by atoms with Gasteiger partial charge in [0.25, 0.3) is 0 Å². The fourth-order valence-corrected chi connectivity index (χ4v) is 4.66. The lowest BCUT2D eigenvalue weighted by atomic mass is 9.86. The van der Waals surface area contributed by atoms with Gasteiger partial charge in [0, 0.05) is 23.8 Å². The number of nitrogens with one attached hydrogen (secondary N) is 2. The lowest BCUT2D eigenvalue weighted by Crippen LogP contribution is -2.29. The second-order valence-electron chi connectivity index (χ2n) is 7.46. The van der Waals surface area contributed by atoms with Gasteiger partial charge in [-0.15, -0.1) is 11.3 Å². The Balaban J connectivity index is 1.45. The lowest BCUT2D eigenvalue weighted by molar-refractivity contribution is -0.384. The Hall–Kier alpha value is -2.78. The van der Waals surface area contributed by atoms with E-state index in [4.69, 9.17) is 5.73 Å². The number of nitrogens with zero attached hydrogens (tertiary/aromatic N) is 3. The predicted molar refractivity (Wildman–Crippen MR) is 116 cm³/mol. The van der Waals surface area contributed by atoms with Crippen LogP contribution in [0.3, 0.4) is 0 Å². The van der Waals surface area contributed by atoms with Crippen LogP contribution in [0.2, 0.25) is 0 Å². The molecule has 0 amide bonds. The molecular formula is C20H24N6O2S. The molecule has 1 aliphatic carbocycles. The van der Waals surface area contributed by atoms with Crippen LogP contribution in [0.1, 0.15) is 31.2 Å². The van der Waals surface area contributed by atoms with Crippen molar-refractivity contribution in [3.8, 4) is 0 Å². The van der Waals surface area contributed by atoms with E-state index in [1.807, 2.05) is 12.1 Å². The first kappa shape index (κ1) is 19.5. The van der Waals surface area contributed by atoms with Gasteiger partial charge < -0.3 is 16.4 Å². The van der Waals surface area contributed by atoms with Gasteiger partial charge in [-0.3, -0.25) is 10.1 Å². The van der Waals surface area contributed by atoms with E-state index in [1.165, 1.54) is 16.3 Å².